The van der Waals surface area contributed by atoms with Gasteiger partial charge in [-0.1, -0.05) is 43.2 Å². The first-order chi connectivity index (χ1) is 10.6. The number of carbonyl (C=O) groups is 2. The van der Waals surface area contributed by atoms with Crippen LogP contribution in [0.3, 0.4) is 0 Å². The van der Waals surface area contributed by atoms with Crippen molar-refractivity contribution in [3.05, 3.63) is 35.9 Å². The molecule has 0 unspecified atom stereocenters. The summed E-state index contributed by atoms with van der Waals surface area (Å²) in [7, 11) is 0. The predicted octanol–water partition coefficient (Wildman–Crippen LogP) is 3.03. The van der Waals surface area contributed by atoms with Crippen molar-refractivity contribution >= 4 is 12.1 Å². The van der Waals surface area contributed by atoms with E-state index in [0.29, 0.717) is 12.5 Å². The quantitative estimate of drug-likeness (QED) is 0.820. The molecular weight excluding hydrogens is 282 g/mol. The first-order valence-electron chi connectivity index (χ1n) is 7.79. The molecule has 5 heteroatoms. The van der Waals surface area contributed by atoms with Crippen LogP contribution in [0, 0.1) is 5.92 Å². The fourth-order valence-corrected chi connectivity index (χ4v) is 2.50. The summed E-state index contributed by atoms with van der Waals surface area (Å²) in [5.41, 5.74) is 0.897. The third-order valence-electron chi connectivity index (χ3n) is 3.84. The van der Waals surface area contributed by atoms with Gasteiger partial charge in [-0.2, -0.15) is 0 Å². The Bertz CT molecular complexity index is 483. The summed E-state index contributed by atoms with van der Waals surface area (Å²) in [5.74, 6) is 0.0599. The van der Waals surface area contributed by atoms with Gasteiger partial charge in [-0.05, 0) is 31.2 Å². The van der Waals surface area contributed by atoms with Crippen LogP contribution in [0.5, 0.6) is 0 Å². The highest BCUT2D eigenvalue weighted by Crippen LogP contribution is 2.24. The minimum Gasteiger partial charge on any atom is -0.464 e. The third kappa shape index (κ3) is 5.39. The Balaban J connectivity index is 1.65. The van der Waals surface area contributed by atoms with Crippen molar-refractivity contribution in [2.75, 3.05) is 6.61 Å². The van der Waals surface area contributed by atoms with Crippen molar-refractivity contribution in [1.29, 1.82) is 0 Å². The Morgan fingerprint density at radius 3 is 2.55 bits per heavy atom. The van der Waals surface area contributed by atoms with E-state index in [4.69, 9.17) is 9.47 Å². The number of amides is 1. The zero-order valence-electron chi connectivity index (χ0n) is 12.9. The fraction of sp³-hybridized carbons (Fsp3) is 0.529. The largest absolute Gasteiger partial charge is 0.464 e. The van der Waals surface area contributed by atoms with E-state index in [0.717, 1.165) is 18.4 Å². The molecule has 0 radical (unpaired) electrons. The van der Waals surface area contributed by atoms with E-state index in [9.17, 15) is 9.59 Å². The number of rotatable bonds is 6. The summed E-state index contributed by atoms with van der Waals surface area (Å²) in [6, 6.07) is 8.68. The van der Waals surface area contributed by atoms with Crippen LogP contribution in [-0.4, -0.2) is 24.7 Å². The molecule has 2 rings (SSSR count). The number of ether oxygens (including phenoxy) is 2. The molecule has 1 saturated carbocycles. The van der Waals surface area contributed by atoms with Gasteiger partial charge in [0.2, 0.25) is 0 Å². The Labute approximate surface area is 131 Å². The van der Waals surface area contributed by atoms with Crippen molar-refractivity contribution in [2.45, 2.75) is 45.3 Å². The smallest absolute Gasteiger partial charge is 0.408 e. The van der Waals surface area contributed by atoms with Gasteiger partial charge in [-0.15, -0.1) is 0 Å². The molecular formula is C17H23NO4. The molecule has 22 heavy (non-hydrogen) atoms. The molecule has 1 aromatic rings. The first-order valence-corrected chi connectivity index (χ1v) is 7.79. The van der Waals surface area contributed by atoms with Gasteiger partial charge in [0.15, 0.2) is 0 Å². The lowest BCUT2D eigenvalue weighted by Gasteiger charge is -2.15. The minimum absolute atomic E-state index is 0.177. The molecule has 0 saturated heterocycles. The lowest BCUT2D eigenvalue weighted by molar-refractivity contribution is -0.146. The number of hydrogen-bond donors (Lipinski definition) is 1. The van der Waals surface area contributed by atoms with Crippen molar-refractivity contribution < 1.29 is 19.1 Å². The van der Waals surface area contributed by atoms with Crippen LogP contribution in [0.1, 0.15) is 38.2 Å². The first kappa shape index (κ1) is 16.3. The van der Waals surface area contributed by atoms with Crippen LogP contribution in [0.25, 0.3) is 0 Å². The Hall–Kier alpha value is -2.04. The molecule has 5 nitrogen and oxygen atoms in total. The summed E-state index contributed by atoms with van der Waals surface area (Å²) >= 11 is 0. The number of hydrogen-bond acceptors (Lipinski definition) is 4. The highest BCUT2D eigenvalue weighted by molar-refractivity contribution is 5.80. The molecule has 1 atom stereocenters. The predicted molar refractivity (Wildman–Crippen MR) is 82.1 cm³/mol. The topological polar surface area (TPSA) is 64.6 Å². The van der Waals surface area contributed by atoms with Crippen molar-refractivity contribution in [1.82, 2.24) is 5.32 Å². The number of carbonyl (C=O) groups excluding carboxylic acids is 2. The molecule has 0 aliphatic heterocycles. The van der Waals surface area contributed by atoms with E-state index in [1.165, 1.54) is 12.8 Å². The van der Waals surface area contributed by atoms with Gasteiger partial charge in [-0.25, -0.2) is 9.59 Å². The number of nitrogens with one attached hydrogen (secondary N) is 1. The summed E-state index contributed by atoms with van der Waals surface area (Å²) in [6.07, 6.45) is 4.04. The molecule has 0 aromatic heterocycles. The number of alkyl carbamates (subject to hydrolysis) is 1. The highest BCUT2D eigenvalue weighted by atomic mass is 16.6. The molecule has 1 aliphatic rings. The van der Waals surface area contributed by atoms with Crippen LogP contribution >= 0.6 is 0 Å². The summed E-state index contributed by atoms with van der Waals surface area (Å²) in [5, 5.41) is 2.49. The number of benzene rings is 1. The Morgan fingerprint density at radius 2 is 1.86 bits per heavy atom. The van der Waals surface area contributed by atoms with E-state index < -0.39 is 18.1 Å². The van der Waals surface area contributed by atoms with Gasteiger partial charge >= 0.3 is 12.1 Å². The zero-order chi connectivity index (χ0) is 15.8. The second-order valence-electron chi connectivity index (χ2n) is 5.71. The monoisotopic (exact) mass is 305 g/mol. The maximum Gasteiger partial charge on any atom is 0.408 e. The van der Waals surface area contributed by atoms with E-state index in [1.807, 2.05) is 30.3 Å². The summed E-state index contributed by atoms with van der Waals surface area (Å²) in [4.78, 5) is 23.5. The molecule has 1 aromatic carbocycles. The van der Waals surface area contributed by atoms with E-state index in [2.05, 4.69) is 5.32 Å². The molecule has 1 fully saturated rings. The van der Waals surface area contributed by atoms with Gasteiger partial charge in [-0.3, -0.25) is 0 Å². The van der Waals surface area contributed by atoms with Crippen molar-refractivity contribution in [2.24, 2.45) is 5.92 Å². The lowest BCUT2D eigenvalue weighted by atomic mass is 10.1. The summed E-state index contributed by atoms with van der Waals surface area (Å²) in [6.45, 7) is 2.22. The molecule has 0 heterocycles. The molecule has 120 valence electrons. The standard InChI is InChI=1S/C17H23NO4/c1-13(16(19)21-11-14-9-5-6-10-14)18-17(20)22-12-15-7-3-2-4-8-15/h2-4,7-8,13-14H,5-6,9-12H2,1H3,(H,18,20)/t13-/m0/s1. The maximum absolute atomic E-state index is 11.8. The van der Waals surface area contributed by atoms with E-state index in [1.54, 1.807) is 6.92 Å². The maximum atomic E-state index is 11.8. The van der Waals surface area contributed by atoms with Crippen molar-refractivity contribution in [3.63, 3.8) is 0 Å². The van der Waals surface area contributed by atoms with Gasteiger partial charge in [0.1, 0.15) is 12.6 Å². The minimum atomic E-state index is -0.704. The average Bonchev–Trinajstić information content (AvgIpc) is 3.05. The van der Waals surface area contributed by atoms with Crippen LogP contribution < -0.4 is 5.32 Å². The summed E-state index contributed by atoms with van der Waals surface area (Å²) < 4.78 is 10.3. The van der Waals surface area contributed by atoms with E-state index >= 15 is 0 Å². The van der Waals surface area contributed by atoms with Gasteiger partial charge in [0.25, 0.3) is 0 Å². The molecule has 1 aliphatic carbocycles. The molecule has 0 spiro atoms. The van der Waals surface area contributed by atoms with Crippen molar-refractivity contribution in [3.8, 4) is 0 Å². The van der Waals surface area contributed by atoms with Gasteiger partial charge in [0.05, 0.1) is 6.61 Å². The normalized spacial score (nSPS) is 16.0. The van der Waals surface area contributed by atoms with Crippen LogP contribution in [0.15, 0.2) is 30.3 Å². The fourth-order valence-electron chi connectivity index (χ4n) is 2.50. The van der Waals surface area contributed by atoms with Crippen LogP contribution in [0.4, 0.5) is 4.79 Å². The second kappa shape index (κ2) is 8.41. The van der Waals surface area contributed by atoms with E-state index in [-0.39, 0.29) is 6.61 Å². The number of esters is 1. The molecule has 0 bridgehead atoms. The second-order valence-corrected chi connectivity index (χ2v) is 5.71. The van der Waals surface area contributed by atoms with Crippen LogP contribution in [0.2, 0.25) is 0 Å². The molecule has 1 N–H and O–H groups in total. The van der Waals surface area contributed by atoms with Crippen LogP contribution in [-0.2, 0) is 20.9 Å². The highest BCUT2D eigenvalue weighted by Gasteiger charge is 2.21. The Kier molecular flexibility index (Phi) is 6.25. The van der Waals surface area contributed by atoms with Gasteiger partial charge in [0, 0.05) is 0 Å². The van der Waals surface area contributed by atoms with Gasteiger partial charge < -0.3 is 14.8 Å². The SMILES string of the molecule is C[C@H](NC(=O)OCc1ccccc1)C(=O)OCC1CCCC1. The third-order valence-corrected chi connectivity index (χ3v) is 3.84. The Morgan fingerprint density at radius 1 is 1.18 bits per heavy atom. The zero-order valence-corrected chi connectivity index (χ0v) is 12.9. The molecule has 1 amide bonds. The average molecular weight is 305 g/mol. The lowest BCUT2D eigenvalue weighted by Crippen LogP contribution is -2.40.